The molecule has 1 aliphatic heterocycles. The van der Waals surface area contributed by atoms with Gasteiger partial charge in [0.15, 0.2) is 4.86 Å². The molecule has 1 fully saturated rings. The molecular weight excluding hydrogens is 200 g/mol. The van der Waals surface area contributed by atoms with E-state index in [-0.39, 0.29) is 4.86 Å². The average Bonchev–Trinajstić information content (AvgIpc) is 2.37. The molecule has 0 amide bonds. The highest BCUT2D eigenvalue weighted by Crippen LogP contribution is 2.39. The fourth-order valence-electron chi connectivity index (χ4n) is 0.856. The minimum atomic E-state index is -1.29. The molecule has 0 aromatic carbocycles. The Morgan fingerprint density at radius 3 is 2.17 bits per heavy atom. The summed E-state index contributed by atoms with van der Waals surface area (Å²) in [5.74, 6) is -1.02. The second-order valence-electron chi connectivity index (χ2n) is 2.16. The molecule has 2 N–H and O–H groups in total. The fourth-order valence-corrected chi connectivity index (χ4v) is 5.18. The Morgan fingerprint density at radius 1 is 1.25 bits per heavy atom. The van der Waals surface area contributed by atoms with Crippen LogP contribution in [0.2, 0.25) is 0 Å². The maximum atomic E-state index is 10.5. The predicted molar refractivity (Wildman–Crippen MR) is 49.8 cm³/mol. The Bertz CT molecular complexity index is 234. The first-order valence-corrected chi connectivity index (χ1v) is 6.20. The molecule has 1 aliphatic rings. The third-order valence-electron chi connectivity index (χ3n) is 1.32. The van der Waals surface area contributed by atoms with E-state index in [1.54, 1.807) is 0 Å². The van der Waals surface area contributed by atoms with E-state index in [4.69, 9.17) is 10.2 Å². The maximum absolute atomic E-state index is 10.5. The molecule has 0 saturated carbocycles. The Morgan fingerprint density at radius 2 is 1.83 bits per heavy atom. The van der Waals surface area contributed by atoms with Crippen LogP contribution in [0.3, 0.4) is 0 Å². The van der Waals surface area contributed by atoms with Gasteiger partial charge in [0.2, 0.25) is 0 Å². The van der Waals surface area contributed by atoms with E-state index in [9.17, 15) is 9.59 Å². The molecule has 0 aliphatic carbocycles. The smallest absolute Gasteiger partial charge is 0.349 e. The third-order valence-corrected chi connectivity index (χ3v) is 5.87. The normalized spacial score (nSPS) is 22.2. The number of carboxylic acid groups (broad SMARTS) is 2. The van der Waals surface area contributed by atoms with Gasteiger partial charge in [-0.05, 0) is 12.2 Å². The van der Waals surface area contributed by atoms with Gasteiger partial charge in [0, 0.05) is 5.75 Å². The lowest BCUT2D eigenvalue weighted by molar-refractivity contribution is -0.134. The van der Waals surface area contributed by atoms with E-state index in [0.29, 0.717) is 5.75 Å². The number of aliphatic carboxylic acids is 2. The van der Waals surface area contributed by atoms with Crippen molar-refractivity contribution in [1.82, 2.24) is 0 Å². The zero-order valence-corrected chi connectivity index (χ0v) is 7.78. The quantitative estimate of drug-likeness (QED) is 0.396. The molecule has 12 heavy (non-hydrogen) atoms. The second-order valence-corrected chi connectivity index (χ2v) is 6.23. The number of hydrogen-bond acceptors (Lipinski definition) is 3. The summed E-state index contributed by atoms with van der Waals surface area (Å²) < 4.78 is 0. The van der Waals surface area contributed by atoms with E-state index in [1.165, 1.54) is 10.8 Å². The van der Waals surface area contributed by atoms with Crippen molar-refractivity contribution < 1.29 is 19.8 Å². The lowest BCUT2D eigenvalue weighted by Gasteiger charge is -2.00. The first-order valence-electron chi connectivity index (χ1n) is 3.30. The van der Waals surface area contributed by atoms with E-state index < -0.39 is 21.5 Å². The van der Waals surface area contributed by atoms with E-state index in [2.05, 4.69) is 0 Å². The molecule has 0 aromatic rings. The van der Waals surface area contributed by atoms with Gasteiger partial charge in [-0.1, -0.05) is 10.8 Å². The minimum Gasteiger partial charge on any atom is -0.477 e. The molecule has 68 valence electrons. The van der Waals surface area contributed by atoms with Crippen LogP contribution in [0, 0.1) is 0 Å². The molecule has 1 heterocycles. The van der Waals surface area contributed by atoms with E-state index in [0.717, 1.165) is 12.2 Å². The fraction of sp³-hybridized carbons (Fsp3) is 0.500. The van der Waals surface area contributed by atoms with Gasteiger partial charge in [-0.15, -0.1) is 9.52 Å². The average molecular weight is 208 g/mol. The number of rotatable bonds is 2. The van der Waals surface area contributed by atoms with Crippen LogP contribution < -0.4 is 0 Å². The standard InChI is InChI=1S/C6H8O4S2/c7-5(8)4(6(9)10)12-3-1-2-11-12/h1-3H2,(H,7,8)(H,9,10). The monoisotopic (exact) mass is 208 g/mol. The van der Waals surface area contributed by atoms with Crippen molar-refractivity contribution in [2.75, 3.05) is 11.5 Å². The summed E-state index contributed by atoms with van der Waals surface area (Å²) in [4.78, 5) is 20.7. The third kappa shape index (κ3) is 2.01. The number of hydrogen-bond donors (Lipinski definition) is 2. The molecule has 6 heteroatoms. The van der Waals surface area contributed by atoms with Crippen LogP contribution in [0.25, 0.3) is 0 Å². The van der Waals surface area contributed by atoms with Crippen LogP contribution in [-0.4, -0.2) is 38.5 Å². The van der Waals surface area contributed by atoms with Crippen LogP contribution in [0.5, 0.6) is 0 Å². The van der Waals surface area contributed by atoms with Crippen molar-refractivity contribution in [3.05, 3.63) is 0 Å². The van der Waals surface area contributed by atoms with Crippen LogP contribution in [-0.2, 0) is 9.59 Å². The van der Waals surface area contributed by atoms with Crippen molar-refractivity contribution in [2.24, 2.45) is 0 Å². The van der Waals surface area contributed by atoms with E-state index in [1.807, 2.05) is 0 Å². The summed E-state index contributed by atoms with van der Waals surface area (Å²) in [6.45, 7) is 0. The summed E-state index contributed by atoms with van der Waals surface area (Å²) in [6.07, 6.45) is 0.915. The van der Waals surface area contributed by atoms with Crippen LogP contribution in [0.15, 0.2) is 0 Å². The van der Waals surface area contributed by atoms with Crippen molar-refractivity contribution >= 4 is 37.1 Å². The van der Waals surface area contributed by atoms with Gasteiger partial charge in [-0.3, -0.25) is 0 Å². The summed E-state index contributed by atoms with van der Waals surface area (Å²) >= 11 is 0. The highest BCUT2D eigenvalue weighted by atomic mass is 33.1. The highest BCUT2D eigenvalue weighted by Gasteiger charge is 2.23. The number of carbonyl (C=O) groups is 2. The molecule has 1 unspecified atom stereocenters. The Labute approximate surface area is 75.3 Å². The Kier molecular flexibility index (Phi) is 3.16. The van der Waals surface area contributed by atoms with Gasteiger partial charge < -0.3 is 10.2 Å². The summed E-state index contributed by atoms with van der Waals surface area (Å²) in [5, 5.41) is 17.2. The lowest BCUT2D eigenvalue weighted by atomic mass is 10.4. The van der Waals surface area contributed by atoms with Gasteiger partial charge in [0.1, 0.15) is 0 Å². The number of carboxylic acids is 2. The Balaban J connectivity index is 2.97. The first kappa shape index (κ1) is 9.60. The molecule has 4 nitrogen and oxygen atoms in total. The Hall–Kier alpha value is -0.490. The van der Waals surface area contributed by atoms with Gasteiger partial charge >= 0.3 is 11.9 Å². The summed E-state index contributed by atoms with van der Waals surface area (Å²) in [7, 11) is 0.845. The van der Waals surface area contributed by atoms with Crippen LogP contribution >= 0.6 is 20.3 Å². The predicted octanol–water partition coefficient (Wildman–Crippen LogP) is 0.649. The molecule has 0 bridgehead atoms. The molecule has 0 aromatic heterocycles. The van der Waals surface area contributed by atoms with Gasteiger partial charge in [0.05, 0.1) is 0 Å². The summed E-state index contributed by atoms with van der Waals surface area (Å²) in [6, 6.07) is 0. The van der Waals surface area contributed by atoms with Crippen LogP contribution in [0.1, 0.15) is 6.42 Å². The van der Waals surface area contributed by atoms with Crippen LogP contribution in [0.4, 0.5) is 0 Å². The van der Waals surface area contributed by atoms with Crippen molar-refractivity contribution in [3.8, 4) is 0 Å². The molecular formula is C6H8O4S2. The van der Waals surface area contributed by atoms with Gasteiger partial charge in [0.25, 0.3) is 0 Å². The lowest BCUT2D eigenvalue weighted by Crippen LogP contribution is -2.22. The minimum absolute atomic E-state index is 0.350. The molecule has 0 spiro atoms. The van der Waals surface area contributed by atoms with Gasteiger partial charge in [-0.25, -0.2) is 9.59 Å². The first-order chi connectivity index (χ1) is 5.63. The summed E-state index contributed by atoms with van der Waals surface area (Å²) in [5.41, 5.74) is 0. The van der Waals surface area contributed by atoms with E-state index >= 15 is 0 Å². The SMILES string of the molecule is O=C(O)C(C(=O)O)=S1CCCS1. The molecule has 1 rings (SSSR count). The van der Waals surface area contributed by atoms with Crippen molar-refractivity contribution in [3.63, 3.8) is 0 Å². The molecule has 0 radical (unpaired) electrons. The zero-order valence-electron chi connectivity index (χ0n) is 6.15. The highest BCUT2D eigenvalue weighted by molar-refractivity contribution is 8.84. The zero-order chi connectivity index (χ0) is 9.14. The topological polar surface area (TPSA) is 74.6 Å². The van der Waals surface area contributed by atoms with Crippen molar-refractivity contribution in [1.29, 1.82) is 0 Å². The molecule has 1 saturated heterocycles. The molecule has 1 atom stereocenters. The van der Waals surface area contributed by atoms with Crippen molar-refractivity contribution in [2.45, 2.75) is 6.42 Å². The largest absolute Gasteiger partial charge is 0.477 e. The van der Waals surface area contributed by atoms with Gasteiger partial charge in [-0.2, -0.15) is 0 Å². The maximum Gasteiger partial charge on any atom is 0.349 e. The second kappa shape index (κ2) is 3.95.